The Bertz CT molecular complexity index is 205. The summed E-state index contributed by atoms with van der Waals surface area (Å²) in [5, 5.41) is 8.07. The van der Waals surface area contributed by atoms with E-state index in [0.29, 0.717) is 6.61 Å². The molecular weight excluding hydrogens is 170 g/mol. The molecule has 0 aromatic carbocycles. The van der Waals surface area contributed by atoms with E-state index in [1.807, 2.05) is 6.92 Å². The molecule has 4 heteroatoms. The van der Waals surface area contributed by atoms with E-state index in [2.05, 4.69) is 4.74 Å². The lowest BCUT2D eigenvalue weighted by Gasteiger charge is -2.02. The van der Waals surface area contributed by atoms with Crippen LogP contribution in [0.25, 0.3) is 0 Å². The molecule has 0 unspecified atom stereocenters. The van der Waals surface area contributed by atoms with Crippen LogP contribution in [0.3, 0.4) is 0 Å². The highest BCUT2D eigenvalue weighted by molar-refractivity contribution is 5.70. The Balaban J connectivity index is 3.31. The minimum Gasteiger partial charge on any atom is -0.489 e. The number of rotatable bonds is 6. The SMILES string of the molecule is CCCCOC(=O)CO/C=C/C#N. The molecule has 0 aliphatic heterocycles. The summed E-state index contributed by atoms with van der Waals surface area (Å²) in [7, 11) is 0. The molecule has 0 amide bonds. The zero-order chi connectivity index (χ0) is 9.94. The average Bonchev–Trinajstić information content (AvgIpc) is 2.13. The average molecular weight is 183 g/mol. The Morgan fingerprint density at radius 1 is 1.62 bits per heavy atom. The van der Waals surface area contributed by atoms with Gasteiger partial charge in [0.15, 0.2) is 6.61 Å². The Kier molecular flexibility index (Phi) is 7.60. The third kappa shape index (κ3) is 8.41. The van der Waals surface area contributed by atoms with Gasteiger partial charge in [-0.1, -0.05) is 13.3 Å². The van der Waals surface area contributed by atoms with Crippen molar-refractivity contribution in [3.63, 3.8) is 0 Å². The van der Waals surface area contributed by atoms with Crippen molar-refractivity contribution >= 4 is 5.97 Å². The molecule has 0 aliphatic carbocycles. The van der Waals surface area contributed by atoms with Gasteiger partial charge in [-0.25, -0.2) is 4.79 Å². The van der Waals surface area contributed by atoms with Gasteiger partial charge < -0.3 is 9.47 Å². The number of esters is 1. The van der Waals surface area contributed by atoms with Gasteiger partial charge in [0, 0.05) is 0 Å². The molecule has 0 saturated heterocycles. The minimum atomic E-state index is -0.406. The summed E-state index contributed by atoms with van der Waals surface area (Å²) in [4.78, 5) is 10.8. The van der Waals surface area contributed by atoms with Gasteiger partial charge in [-0.2, -0.15) is 5.26 Å². The van der Waals surface area contributed by atoms with Gasteiger partial charge in [0.2, 0.25) is 0 Å². The van der Waals surface area contributed by atoms with Gasteiger partial charge in [0.25, 0.3) is 0 Å². The molecule has 0 atom stereocenters. The Labute approximate surface area is 77.8 Å². The van der Waals surface area contributed by atoms with Crippen LogP contribution in [-0.2, 0) is 14.3 Å². The van der Waals surface area contributed by atoms with Crippen LogP contribution in [0.5, 0.6) is 0 Å². The molecule has 0 rings (SSSR count). The van der Waals surface area contributed by atoms with Crippen molar-refractivity contribution in [2.75, 3.05) is 13.2 Å². The summed E-state index contributed by atoms with van der Waals surface area (Å²) in [5.41, 5.74) is 0. The Morgan fingerprint density at radius 2 is 2.38 bits per heavy atom. The summed E-state index contributed by atoms with van der Waals surface area (Å²) in [6.45, 7) is 2.31. The first kappa shape index (κ1) is 11.5. The molecule has 0 aliphatic rings. The van der Waals surface area contributed by atoms with Crippen molar-refractivity contribution in [2.45, 2.75) is 19.8 Å². The maximum atomic E-state index is 10.8. The van der Waals surface area contributed by atoms with Crippen molar-refractivity contribution in [1.29, 1.82) is 5.26 Å². The second-order valence-electron chi connectivity index (χ2n) is 2.32. The monoisotopic (exact) mass is 183 g/mol. The molecule has 0 aromatic heterocycles. The number of hydrogen-bond donors (Lipinski definition) is 0. The summed E-state index contributed by atoms with van der Waals surface area (Å²) < 4.78 is 9.47. The topological polar surface area (TPSA) is 59.3 Å². The molecule has 0 radical (unpaired) electrons. The molecule has 0 fully saturated rings. The largest absolute Gasteiger partial charge is 0.489 e. The summed E-state index contributed by atoms with van der Waals surface area (Å²) in [6, 6.07) is 1.74. The molecule has 0 aromatic rings. The predicted octanol–water partition coefficient (Wildman–Crippen LogP) is 1.38. The lowest BCUT2D eigenvalue weighted by Crippen LogP contribution is -2.11. The van der Waals surface area contributed by atoms with Crippen LogP contribution in [-0.4, -0.2) is 19.2 Å². The van der Waals surface area contributed by atoms with Crippen molar-refractivity contribution in [3.05, 3.63) is 12.3 Å². The molecule has 0 spiro atoms. The summed E-state index contributed by atoms with van der Waals surface area (Å²) in [5.74, 6) is -0.406. The van der Waals surface area contributed by atoms with E-state index < -0.39 is 5.97 Å². The first-order chi connectivity index (χ1) is 6.31. The van der Waals surface area contributed by atoms with Gasteiger partial charge >= 0.3 is 5.97 Å². The smallest absolute Gasteiger partial charge is 0.344 e. The van der Waals surface area contributed by atoms with E-state index in [0.717, 1.165) is 18.9 Å². The molecule has 4 nitrogen and oxygen atoms in total. The van der Waals surface area contributed by atoms with Crippen molar-refractivity contribution in [1.82, 2.24) is 0 Å². The zero-order valence-electron chi connectivity index (χ0n) is 7.66. The Hall–Kier alpha value is -1.50. The van der Waals surface area contributed by atoms with E-state index in [4.69, 9.17) is 10.00 Å². The molecule has 13 heavy (non-hydrogen) atoms. The number of hydrogen-bond acceptors (Lipinski definition) is 4. The fourth-order valence-corrected chi connectivity index (χ4v) is 0.567. The number of carbonyl (C=O) groups is 1. The van der Waals surface area contributed by atoms with E-state index >= 15 is 0 Å². The van der Waals surface area contributed by atoms with Crippen LogP contribution in [0.1, 0.15) is 19.8 Å². The van der Waals surface area contributed by atoms with E-state index in [1.54, 1.807) is 6.07 Å². The minimum absolute atomic E-state index is 0.137. The van der Waals surface area contributed by atoms with E-state index in [1.165, 1.54) is 6.26 Å². The highest BCUT2D eigenvalue weighted by Gasteiger charge is 2.00. The standard InChI is InChI=1S/C9H13NO3/c1-2-3-7-13-9(11)8-12-6-4-5-10/h4,6H,2-3,7-8H2,1H3/b6-4+. The maximum absolute atomic E-state index is 10.8. The molecular formula is C9H13NO3. The second-order valence-corrected chi connectivity index (χ2v) is 2.32. The van der Waals surface area contributed by atoms with Crippen LogP contribution in [0.4, 0.5) is 0 Å². The third-order valence-electron chi connectivity index (χ3n) is 1.20. The van der Waals surface area contributed by atoms with Crippen molar-refractivity contribution in [3.8, 4) is 6.07 Å². The van der Waals surface area contributed by atoms with Crippen LogP contribution in [0.2, 0.25) is 0 Å². The normalized spacial score (nSPS) is 9.54. The molecule has 72 valence electrons. The Morgan fingerprint density at radius 3 is 3.00 bits per heavy atom. The second kappa shape index (κ2) is 8.60. The number of carbonyl (C=O) groups excluding carboxylic acids is 1. The van der Waals surface area contributed by atoms with E-state index in [-0.39, 0.29) is 6.61 Å². The predicted molar refractivity (Wildman–Crippen MR) is 46.6 cm³/mol. The number of allylic oxidation sites excluding steroid dienone is 1. The van der Waals surface area contributed by atoms with Gasteiger partial charge in [-0.15, -0.1) is 0 Å². The highest BCUT2D eigenvalue weighted by Crippen LogP contribution is 1.89. The lowest BCUT2D eigenvalue weighted by atomic mass is 10.4. The van der Waals surface area contributed by atoms with Gasteiger partial charge in [-0.05, 0) is 6.42 Å². The summed E-state index contributed by atoms with van der Waals surface area (Å²) in [6.07, 6.45) is 4.17. The van der Waals surface area contributed by atoms with Crippen molar-refractivity contribution < 1.29 is 14.3 Å². The zero-order valence-corrected chi connectivity index (χ0v) is 7.66. The van der Waals surface area contributed by atoms with Crippen LogP contribution >= 0.6 is 0 Å². The van der Waals surface area contributed by atoms with Gasteiger partial charge in [0.05, 0.1) is 25.0 Å². The van der Waals surface area contributed by atoms with Crippen molar-refractivity contribution in [2.24, 2.45) is 0 Å². The highest BCUT2D eigenvalue weighted by atomic mass is 16.6. The van der Waals surface area contributed by atoms with Crippen LogP contribution < -0.4 is 0 Å². The van der Waals surface area contributed by atoms with Gasteiger partial charge in [0.1, 0.15) is 0 Å². The fourth-order valence-electron chi connectivity index (χ4n) is 0.567. The number of nitrogens with zero attached hydrogens (tertiary/aromatic N) is 1. The van der Waals surface area contributed by atoms with Gasteiger partial charge in [-0.3, -0.25) is 0 Å². The quantitative estimate of drug-likeness (QED) is 0.270. The number of ether oxygens (including phenoxy) is 2. The number of unbranched alkanes of at least 4 members (excludes halogenated alkanes) is 1. The first-order valence-electron chi connectivity index (χ1n) is 4.13. The molecule has 0 bridgehead atoms. The fraction of sp³-hybridized carbons (Fsp3) is 0.556. The van der Waals surface area contributed by atoms with Crippen LogP contribution in [0, 0.1) is 11.3 Å². The van der Waals surface area contributed by atoms with E-state index in [9.17, 15) is 4.79 Å². The maximum Gasteiger partial charge on any atom is 0.344 e. The van der Waals surface area contributed by atoms with Crippen LogP contribution in [0.15, 0.2) is 12.3 Å². The lowest BCUT2D eigenvalue weighted by molar-refractivity contribution is -0.147. The summed E-state index contributed by atoms with van der Waals surface area (Å²) >= 11 is 0. The molecule has 0 saturated carbocycles. The third-order valence-corrected chi connectivity index (χ3v) is 1.20. The first-order valence-corrected chi connectivity index (χ1v) is 4.13. The molecule has 0 N–H and O–H groups in total. The molecule has 0 heterocycles. The number of nitriles is 1.